The highest BCUT2D eigenvalue weighted by atomic mass is 16.6. The lowest BCUT2D eigenvalue weighted by atomic mass is 10.3. The van der Waals surface area contributed by atoms with Crippen LogP contribution in [0.25, 0.3) is 0 Å². The predicted molar refractivity (Wildman–Crippen MR) is 61.9 cm³/mol. The monoisotopic (exact) mass is 253 g/mol. The molecule has 0 fully saturated rings. The molecule has 1 aromatic carbocycles. The van der Waals surface area contributed by atoms with Gasteiger partial charge in [0.15, 0.2) is 0 Å². The molecule has 0 saturated carbocycles. The van der Waals surface area contributed by atoms with Crippen molar-refractivity contribution in [2.24, 2.45) is 5.73 Å². The lowest BCUT2D eigenvalue weighted by Crippen LogP contribution is -2.32. The number of hydrogen-bond acceptors (Lipinski definition) is 6. The van der Waals surface area contributed by atoms with Crippen molar-refractivity contribution in [1.29, 1.82) is 0 Å². The highest BCUT2D eigenvalue weighted by Crippen LogP contribution is 2.17. The highest BCUT2D eigenvalue weighted by molar-refractivity contribution is 5.94. The number of ether oxygens (including phenoxy) is 1. The Morgan fingerprint density at radius 2 is 2.17 bits per heavy atom. The Morgan fingerprint density at radius 3 is 2.72 bits per heavy atom. The number of carbonyl (C=O) groups excluding carboxylic acids is 2. The van der Waals surface area contributed by atoms with Gasteiger partial charge in [0.2, 0.25) is 0 Å². The molecule has 96 valence electrons. The van der Waals surface area contributed by atoms with Gasteiger partial charge in [-0.25, -0.2) is 9.59 Å². The maximum absolute atomic E-state index is 11.2. The first-order chi connectivity index (χ1) is 8.40. The largest absolute Gasteiger partial charge is 0.419 e. The van der Waals surface area contributed by atoms with Crippen molar-refractivity contribution in [3.8, 4) is 0 Å². The first-order valence-electron chi connectivity index (χ1n) is 4.93. The fourth-order valence-corrected chi connectivity index (χ4v) is 1.02. The molecule has 0 heterocycles. The third kappa shape index (κ3) is 3.83. The quantitative estimate of drug-likeness (QED) is 0.358. The smallest absolute Gasteiger partial charge is 0.375 e. The van der Waals surface area contributed by atoms with Crippen molar-refractivity contribution < 1.29 is 19.2 Å². The first-order valence-corrected chi connectivity index (χ1v) is 4.93. The third-order valence-corrected chi connectivity index (χ3v) is 1.87. The van der Waals surface area contributed by atoms with E-state index in [0.717, 1.165) is 6.07 Å². The Bertz CT molecular complexity index is 486. The molecule has 1 aromatic rings. The number of nitrogens with zero attached hydrogens (tertiary/aromatic N) is 1. The van der Waals surface area contributed by atoms with E-state index < -0.39 is 23.0 Å². The molecule has 0 aliphatic heterocycles. The van der Waals surface area contributed by atoms with Crippen molar-refractivity contribution >= 4 is 23.4 Å². The van der Waals surface area contributed by atoms with Crippen LogP contribution in [0.3, 0.4) is 0 Å². The molecule has 0 aromatic heterocycles. The van der Waals surface area contributed by atoms with Crippen molar-refractivity contribution in [3.63, 3.8) is 0 Å². The fourth-order valence-electron chi connectivity index (χ4n) is 1.02. The van der Waals surface area contributed by atoms with Gasteiger partial charge >= 0.3 is 12.1 Å². The summed E-state index contributed by atoms with van der Waals surface area (Å²) in [5.41, 5.74) is 5.15. The third-order valence-electron chi connectivity index (χ3n) is 1.87. The van der Waals surface area contributed by atoms with Crippen LogP contribution in [0.1, 0.15) is 6.92 Å². The van der Waals surface area contributed by atoms with E-state index in [2.05, 4.69) is 10.1 Å². The highest BCUT2D eigenvalue weighted by Gasteiger charge is 2.15. The minimum atomic E-state index is -1.04. The van der Waals surface area contributed by atoms with Crippen LogP contribution in [0.2, 0.25) is 0 Å². The van der Waals surface area contributed by atoms with E-state index in [0.29, 0.717) is 0 Å². The lowest BCUT2D eigenvalue weighted by Gasteiger charge is -2.06. The topological polar surface area (TPSA) is 125 Å². The maximum Gasteiger partial charge on any atom is 0.419 e. The summed E-state index contributed by atoms with van der Waals surface area (Å²) in [5.74, 6) is -0.891. The SMILES string of the molecule is CC(N)C(=O)OC(=O)Nc1cccc([N+](=O)[O-])c1. The lowest BCUT2D eigenvalue weighted by molar-refractivity contribution is -0.384. The molecule has 0 bridgehead atoms. The molecular weight excluding hydrogens is 242 g/mol. The Labute approximate surface area is 102 Å². The van der Waals surface area contributed by atoms with Crippen LogP contribution in [0, 0.1) is 10.1 Å². The average Bonchev–Trinajstić information content (AvgIpc) is 2.28. The maximum atomic E-state index is 11.2. The van der Waals surface area contributed by atoms with Crippen molar-refractivity contribution in [2.75, 3.05) is 5.32 Å². The molecule has 1 unspecified atom stereocenters. The molecular formula is C10H11N3O5. The number of anilines is 1. The van der Waals surface area contributed by atoms with E-state index in [-0.39, 0.29) is 11.4 Å². The van der Waals surface area contributed by atoms with Crippen LogP contribution in [0.5, 0.6) is 0 Å². The van der Waals surface area contributed by atoms with Crippen molar-refractivity contribution in [2.45, 2.75) is 13.0 Å². The Hall–Kier alpha value is -2.48. The number of nitrogens with two attached hydrogens (primary N) is 1. The normalized spacial score (nSPS) is 11.4. The molecule has 18 heavy (non-hydrogen) atoms. The van der Waals surface area contributed by atoms with Gasteiger partial charge in [-0.05, 0) is 13.0 Å². The molecule has 1 amide bonds. The fraction of sp³-hybridized carbons (Fsp3) is 0.200. The number of nitrogens with one attached hydrogen (secondary N) is 1. The van der Waals surface area contributed by atoms with E-state index in [1.165, 1.54) is 25.1 Å². The van der Waals surface area contributed by atoms with Gasteiger partial charge in [-0.1, -0.05) is 6.07 Å². The molecule has 0 aliphatic carbocycles. The number of nitro groups is 1. The first kappa shape index (κ1) is 13.6. The van der Waals surface area contributed by atoms with Gasteiger partial charge in [-0.2, -0.15) is 0 Å². The molecule has 1 atom stereocenters. The van der Waals surface area contributed by atoms with Crippen LogP contribution in [0.15, 0.2) is 24.3 Å². The minimum absolute atomic E-state index is 0.145. The van der Waals surface area contributed by atoms with Crippen molar-refractivity contribution in [1.82, 2.24) is 0 Å². The zero-order chi connectivity index (χ0) is 13.7. The number of esters is 1. The molecule has 1 rings (SSSR count). The number of rotatable bonds is 3. The molecule has 0 radical (unpaired) electrons. The van der Waals surface area contributed by atoms with Crippen LogP contribution in [-0.4, -0.2) is 23.0 Å². The summed E-state index contributed by atoms with van der Waals surface area (Å²) in [6, 6.07) is 4.29. The summed E-state index contributed by atoms with van der Waals surface area (Å²) in [6.07, 6.45) is -1.04. The summed E-state index contributed by atoms with van der Waals surface area (Å²) >= 11 is 0. The number of carbonyl (C=O) groups is 2. The summed E-state index contributed by atoms with van der Waals surface area (Å²) in [4.78, 5) is 32.1. The van der Waals surface area contributed by atoms with Gasteiger partial charge in [0.05, 0.1) is 10.6 Å². The second-order valence-electron chi connectivity index (χ2n) is 3.43. The van der Waals surface area contributed by atoms with Gasteiger partial charge in [0.25, 0.3) is 5.69 Å². The van der Waals surface area contributed by atoms with Crippen LogP contribution >= 0.6 is 0 Å². The second kappa shape index (κ2) is 5.73. The Morgan fingerprint density at radius 1 is 1.50 bits per heavy atom. The molecule has 8 heteroatoms. The standard InChI is InChI=1S/C10H11N3O5/c1-6(11)9(14)18-10(15)12-7-3-2-4-8(5-7)13(16)17/h2-6H,11H2,1H3,(H,12,15). The molecule has 0 aliphatic rings. The van der Waals surface area contributed by atoms with Gasteiger partial charge < -0.3 is 10.5 Å². The summed E-state index contributed by atoms with van der Waals surface area (Å²) in [7, 11) is 0. The molecule has 8 nitrogen and oxygen atoms in total. The van der Waals surface area contributed by atoms with E-state index in [1.54, 1.807) is 0 Å². The Balaban J connectivity index is 2.67. The average molecular weight is 253 g/mol. The van der Waals surface area contributed by atoms with Gasteiger partial charge in [-0.3, -0.25) is 15.4 Å². The van der Waals surface area contributed by atoms with E-state index in [4.69, 9.17) is 5.73 Å². The predicted octanol–water partition coefficient (Wildman–Crippen LogP) is 1.02. The molecule has 3 N–H and O–H groups in total. The number of amides is 1. The number of nitro benzene ring substituents is 1. The van der Waals surface area contributed by atoms with Crippen LogP contribution < -0.4 is 11.1 Å². The second-order valence-corrected chi connectivity index (χ2v) is 3.43. The van der Waals surface area contributed by atoms with Crippen LogP contribution in [-0.2, 0) is 9.53 Å². The summed E-state index contributed by atoms with van der Waals surface area (Å²) in [6.45, 7) is 1.36. The summed E-state index contributed by atoms with van der Waals surface area (Å²) in [5, 5.41) is 12.7. The van der Waals surface area contributed by atoms with E-state index in [1.807, 2.05) is 0 Å². The summed E-state index contributed by atoms with van der Waals surface area (Å²) < 4.78 is 4.33. The molecule has 0 spiro atoms. The minimum Gasteiger partial charge on any atom is -0.375 e. The van der Waals surface area contributed by atoms with Gasteiger partial charge in [-0.15, -0.1) is 0 Å². The Kier molecular flexibility index (Phi) is 4.33. The zero-order valence-corrected chi connectivity index (χ0v) is 9.45. The van der Waals surface area contributed by atoms with Crippen LogP contribution in [0.4, 0.5) is 16.2 Å². The van der Waals surface area contributed by atoms with Gasteiger partial charge in [0.1, 0.15) is 6.04 Å². The van der Waals surface area contributed by atoms with Gasteiger partial charge in [0, 0.05) is 12.1 Å². The molecule has 0 saturated heterocycles. The number of hydrogen-bond donors (Lipinski definition) is 2. The van der Waals surface area contributed by atoms with E-state index in [9.17, 15) is 19.7 Å². The van der Waals surface area contributed by atoms with Crippen molar-refractivity contribution in [3.05, 3.63) is 34.4 Å². The zero-order valence-electron chi connectivity index (χ0n) is 9.45. The van der Waals surface area contributed by atoms with E-state index >= 15 is 0 Å². The number of non-ortho nitro benzene ring substituents is 1. The number of benzene rings is 1.